The minimum Gasteiger partial charge on any atom is -0.399 e. The van der Waals surface area contributed by atoms with Crippen LogP contribution in [0, 0.1) is 0 Å². The predicted molar refractivity (Wildman–Crippen MR) is 81.1 cm³/mol. The molecule has 0 radical (unpaired) electrons. The third-order valence-electron chi connectivity index (χ3n) is 4.61. The Morgan fingerprint density at radius 2 is 1.77 bits per heavy atom. The SMILES string of the molecule is CC1(C)OB(c2cnn(C(=O)N3CCOCC3)c2)OC1(C)C. The fraction of sp³-hybridized carbons (Fsp3) is 0.714. The van der Waals surface area contributed by atoms with E-state index >= 15 is 0 Å². The predicted octanol–water partition coefficient (Wildman–Crippen LogP) is 0.483. The normalized spacial score (nSPS) is 23.8. The van der Waals surface area contributed by atoms with Crippen LogP contribution in [0.5, 0.6) is 0 Å². The molecule has 0 bridgehead atoms. The van der Waals surface area contributed by atoms with Crippen LogP contribution < -0.4 is 5.46 Å². The van der Waals surface area contributed by atoms with Gasteiger partial charge in [-0.15, -0.1) is 0 Å². The van der Waals surface area contributed by atoms with Crippen molar-refractivity contribution in [2.75, 3.05) is 26.3 Å². The maximum Gasteiger partial charge on any atom is 0.498 e. The summed E-state index contributed by atoms with van der Waals surface area (Å²) in [6, 6.07) is -0.147. The Kier molecular flexibility index (Phi) is 3.78. The molecule has 0 saturated carbocycles. The third-order valence-corrected chi connectivity index (χ3v) is 4.61. The van der Waals surface area contributed by atoms with Crippen LogP contribution in [0.3, 0.4) is 0 Å². The summed E-state index contributed by atoms with van der Waals surface area (Å²) in [5.74, 6) is 0. The van der Waals surface area contributed by atoms with Gasteiger partial charge in [-0.25, -0.2) is 4.79 Å². The van der Waals surface area contributed by atoms with Crippen LogP contribution in [0.1, 0.15) is 27.7 Å². The largest absolute Gasteiger partial charge is 0.498 e. The second kappa shape index (κ2) is 5.36. The maximum absolute atomic E-state index is 12.4. The lowest BCUT2D eigenvalue weighted by Gasteiger charge is -2.32. The summed E-state index contributed by atoms with van der Waals surface area (Å²) in [6.07, 6.45) is 3.31. The molecule has 1 amide bonds. The molecule has 0 unspecified atom stereocenters. The Balaban J connectivity index is 1.73. The van der Waals surface area contributed by atoms with E-state index in [1.807, 2.05) is 27.7 Å². The second-order valence-electron chi connectivity index (χ2n) is 6.69. The first-order valence-electron chi connectivity index (χ1n) is 7.57. The molecule has 0 spiro atoms. The Morgan fingerprint density at radius 1 is 1.18 bits per heavy atom. The fourth-order valence-electron chi connectivity index (χ4n) is 2.44. The molecule has 2 aliphatic heterocycles. The van der Waals surface area contributed by atoms with Crippen molar-refractivity contribution in [2.45, 2.75) is 38.9 Å². The average Bonchev–Trinajstić information content (AvgIpc) is 3.03. The second-order valence-corrected chi connectivity index (χ2v) is 6.69. The van der Waals surface area contributed by atoms with Crippen LogP contribution in [-0.2, 0) is 14.0 Å². The zero-order chi connectivity index (χ0) is 16.0. The highest BCUT2D eigenvalue weighted by Crippen LogP contribution is 2.36. The van der Waals surface area contributed by atoms with E-state index in [1.54, 1.807) is 17.3 Å². The summed E-state index contributed by atoms with van der Waals surface area (Å²) in [4.78, 5) is 14.1. The van der Waals surface area contributed by atoms with Crippen molar-refractivity contribution < 1.29 is 18.8 Å². The summed E-state index contributed by atoms with van der Waals surface area (Å²) in [5.41, 5.74) is -0.0673. The molecule has 22 heavy (non-hydrogen) atoms. The number of rotatable bonds is 1. The van der Waals surface area contributed by atoms with Gasteiger partial charge in [0.15, 0.2) is 0 Å². The van der Waals surface area contributed by atoms with Crippen molar-refractivity contribution in [1.29, 1.82) is 0 Å². The van der Waals surface area contributed by atoms with Gasteiger partial charge >= 0.3 is 13.1 Å². The fourth-order valence-corrected chi connectivity index (χ4v) is 2.44. The minimum absolute atomic E-state index is 0.147. The molecule has 2 saturated heterocycles. The Labute approximate surface area is 130 Å². The number of morpholine rings is 1. The number of hydrogen-bond acceptors (Lipinski definition) is 5. The van der Waals surface area contributed by atoms with Crippen molar-refractivity contribution in [3.8, 4) is 0 Å². The molecular formula is C14H22BN3O4. The Bertz CT molecular complexity index is 550. The van der Waals surface area contributed by atoms with Crippen molar-refractivity contribution in [3.05, 3.63) is 12.4 Å². The molecule has 0 atom stereocenters. The number of amides is 1. The first-order valence-corrected chi connectivity index (χ1v) is 7.57. The zero-order valence-electron chi connectivity index (χ0n) is 13.5. The topological polar surface area (TPSA) is 65.8 Å². The van der Waals surface area contributed by atoms with Gasteiger partial charge in [-0.2, -0.15) is 9.78 Å². The van der Waals surface area contributed by atoms with Gasteiger partial charge < -0.3 is 18.9 Å². The molecular weight excluding hydrogens is 285 g/mol. The average molecular weight is 307 g/mol. The Morgan fingerprint density at radius 3 is 2.36 bits per heavy atom. The molecule has 0 aromatic carbocycles. The molecule has 1 aromatic heterocycles. The van der Waals surface area contributed by atoms with E-state index in [9.17, 15) is 4.79 Å². The highest BCUT2D eigenvalue weighted by Gasteiger charge is 2.52. The standard InChI is InChI=1S/C14H22BN3O4/c1-13(2)14(3,4)22-15(21-13)11-9-16-18(10-11)12(19)17-5-7-20-8-6-17/h9-10H,5-8H2,1-4H3. The van der Waals surface area contributed by atoms with E-state index in [2.05, 4.69) is 5.10 Å². The highest BCUT2D eigenvalue weighted by molar-refractivity contribution is 6.62. The molecule has 120 valence electrons. The van der Waals surface area contributed by atoms with Gasteiger partial charge in [0.25, 0.3) is 0 Å². The molecule has 2 fully saturated rings. The molecule has 3 heterocycles. The van der Waals surface area contributed by atoms with Gasteiger partial charge in [0.2, 0.25) is 0 Å². The van der Waals surface area contributed by atoms with Crippen molar-refractivity contribution in [1.82, 2.24) is 14.7 Å². The quantitative estimate of drug-likeness (QED) is 0.706. The van der Waals surface area contributed by atoms with E-state index in [-0.39, 0.29) is 6.03 Å². The molecule has 8 heteroatoms. The van der Waals surface area contributed by atoms with Gasteiger partial charge in [-0.1, -0.05) is 0 Å². The monoisotopic (exact) mass is 307 g/mol. The first kappa shape index (κ1) is 15.5. The first-order chi connectivity index (χ1) is 10.3. The number of carbonyl (C=O) groups excluding carboxylic acids is 1. The molecule has 2 aliphatic rings. The minimum atomic E-state index is -0.503. The molecule has 0 aliphatic carbocycles. The van der Waals surface area contributed by atoms with Gasteiger partial charge in [-0.05, 0) is 27.7 Å². The molecule has 7 nitrogen and oxygen atoms in total. The smallest absolute Gasteiger partial charge is 0.399 e. The van der Waals surface area contributed by atoms with Crippen molar-refractivity contribution in [3.63, 3.8) is 0 Å². The number of carbonyl (C=O) groups is 1. The van der Waals surface area contributed by atoms with Crippen molar-refractivity contribution >= 4 is 18.6 Å². The summed E-state index contributed by atoms with van der Waals surface area (Å²) in [6.45, 7) is 10.3. The van der Waals surface area contributed by atoms with Crippen LogP contribution in [-0.4, -0.2) is 65.3 Å². The molecule has 1 aromatic rings. The number of hydrogen-bond donors (Lipinski definition) is 0. The molecule has 3 rings (SSSR count). The lowest BCUT2D eigenvalue weighted by molar-refractivity contribution is 0.00578. The van der Waals surface area contributed by atoms with E-state index < -0.39 is 18.3 Å². The van der Waals surface area contributed by atoms with Gasteiger partial charge in [0.1, 0.15) is 0 Å². The lowest BCUT2D eigenvalue weighted by atomic mass is 9.82. The highest BCUT2D eigenvalue weighted by atomic mass is 16.7. The summed E-state index contributed by atoms with van der Waals surface area (Å²) >= 11 is 0. The van der Waals surface area contributed by atoms with E-state index in [4.69, 9.17) is 14.0 Å². The van der Waals surface area contributed by atoms with Crippen LogP contribution >= 0.6 is 0 Å². The van der Waals surface area contributed by atoms with Crippen LogP contribution in [0.15, 0.2) is 12.4 Å². The summed E-state index contributed by atoms with van der Waals surface area (Å²) in [5, 5.41) is 4.16. The van der Waals surface area contributed by atoms with Gasteiger partial charge in [0.05, 0.1) is 24.4 Å². The van der Waals surface area contributed by atoms with Gasteiger partial charge in [-0.3, -0.25) is 0 Å². The number of ether oxygens (including phenoxy) is 1. The van der Waals surface area contributed by atoms with Crippen LogP contribution in [0.4, 0.5) is 4.79 Å². The van der Waals surface area contributed by atoms with E-state index in [0.29, 0.717) is 26.3 Å². The Hall–Kier alpha value is -1.38. The summed E-state index contributed by atoms with van der Waals surface area (Å²) in [7, 11) is -0.503. The van der Waals surface area contributed by atoms with Crippen LogP contribution in [0.25, 0.3) is 0 Å². The lowest BCUT2D eigenvalue weighted by Crippen LogP contribution is -2.43. The van der Waals surface area contributed by atoms with Gasteiger partial charge in [0, 0.05) is 30.9 Å². The number of nitrogens with zero attached hydrogens (tertiary/aromatic N) is 3. The summed E-state index contributed by atoms with van der Waals surface area (Å²) < 4.78 is 18.5. The third kappa shape index (κ3) is 2.66. The van der Waals surface area contributed by atoms with Crippen molar-refractivity contribution in [2.24, 2.45) is 0 Å². The van der Waals surface area contributed by atoms with E-state index in [0.717, 1.165) is 5.46 Å². The number of aromatic nitrogens is 2. The van der Waals surface area contributed by atoms with Crippen LogP contribution in [0.2, 0.25) is 0 Å². The maximum atomic E-state index is 12.4. The zero-order valence-corrected chi connectivity index (χ0v) is 13.5. The van der Waals surface area contributed by atoms with E-state index in [1.165, 1.54) is 4.68 Å². The molecule has 0 N–H and O–H groups in total.